The van der Waals surface area contributed by atoms with Gasteiger partial charge in [-0.3, -0.25) is 0 Å². The smallest absolute Gasteiger partial charge is 0.330 e. The molecular weight excluding hydrogens is 146 g/mol. The quantitative estimate of drug-likeness (QED) is 0.262. The lowest BCUT2D eigenvalue weighted by Crippen LogP contribution is -2.33. The molecule has 11 heavy (non-hydrogen) atoms. The van der Waals surface area contributed by atoms with E-state index in [-0.39, 0.29) is 0 Å². The predicted octanol–water partition coefficient (Wildman–Crippen LogP) is -0.144. The van der Waals surface area contributed by atoms with Crippen molar-refractivity contribution in [3.8, 4) is 0 Å². The molecule has 0 aliphatic heterocycles. The van der Waals surface area contributed by atoms with Crippen molar-refractivity contribution >= 4 is 12.3 Å². The van der Waals surface area contributed by atoms with Crippen LogP contribution in [0, 0.1) is 0 Å². The summed E-state index contributed by atoms with van der Waals surface area (Å²) in [5, 5.41) is 0. The Bertz CT molecular complexity index is 136. The average molecular weight is 159 g/mol. The van der Waals surface area contributed by atoms with Crippen molar-refractivity contribution in [3.05, 3.63) is 0 Å². The lowest BCUT2D eigenvalue weighted by atomic mass is 10.3. The average Bonchev–Trinajstić information content (AvgIpc) is 2.03. The summed E-state index contributed by atoms with van der Waals surface area (Å²) in [5.41, 5.74) is 5.06. The molecule has 1 unspecified atom stereocenters. The SMILES string of the molecule is CCCCOC(=O)C(N)C=O. The highest BCUT2D eigenvalue weighted by atomic mass is 16.5. The van der Waals surface area contributed by atoms with Crippen molar-refractivity contribution in [1.82, 2.24) is 0 Å². The third kappa shape index (κ3) is 4.50. The zero-order valence-corrected chi connectivity index (χ0v) is 6.58. The van der Waals surface area contributed by atoms with Gasteiger partial charge in [0, 0.05) is 0 Å². The fraction of sp³-hybridized carbons (Fsp3) is 0.714. The van der Waals surface area contributed by atoms with Gasteiger partial charge in [-0.1, -0.05) is 13.3 Å². The second-order valence-corrected chi connectivity index (χ2v) is 2.18. The van der Waals surface area contributed by atoms with Gasteiger partial charge >= 0.3 is 5.97 Å². The fourth-order valence-corrected chi connectivity index (χ4v) is 0.469. The van der Waals surface area contributed by atoms with Crippen molar-refractivity contribution in [3.63, 3.8) is 0 Å². The molecule has 0 aliphatic rings. The van der Waals surface area contributed by atoms with Crippen LogP contribution in [0.1, 0.15) is 19.8 Å². The van der Waals surface area contributed by atoms with Gasteiger partial charge < -0.3 is 15.3 Å². The van der Waals surface area contributed by atoms with Crippen molar-refractivity contribution < 1.29 is 14.3 Å². The third-order valence-electron chi connectivity index (χ3n) is 1.16. The number of carbonyl (C=O) groups is 2. The van der Waals surface area contributed by atoms with Gasteiger partial charge in [0.05, 0.1) is 6.61 Å². The Morgan fingerprint density at radius 3 is 2.82 bits per heavy atom. The van der Waals surface area contributed by atoms with Gasteiger partial charge in [-0.2, -0.15) is 0 Å². The number of ether oxygens (including phenoxy) is 1. The first kappa shape index (κ1) is 10.1. The minimum Gasteiger partial charge on any atom is -0.464 e. The van der Waals surface area contributed by atoms with Crippen LogP contribution in [0.2, 0.25) is 0 Å². The van der Waals surface area contributed by atoms with Gasteiger partial charge in [-0.25, -0.2) is 4.79 Å². The Morgan fingerprint density at radius 1 is 1.73 bits per heavy atom. The lowest BCUT2D eigenvalue weighted by molar-refractivity contribution is -0.146. The number of nitrogens with two attached hydrogens (primary N) is 1. The van der Waals surface area contributed by atoms with Crippen LogP contribution in [0.5, 0.6) is 0 Å². The molecule has 0 aromatic heterocycles. The van der Waals surface area contributed by atoms with Gasteiger partial charge in [0.2, 0.25) is 0 Å². The van der Waals surface area contributed by atoms with E-state index in [9.17, 15) is 9.59 Å². The Hall–Kier alpha value is -0.900. The summed E-state index contributed by atoms with van der Waals surface area (Å²) in [7, 11) is 0. The van der Waals surface area contributed by atoms with Gasteiger partial charge in [0.25, 0.3) is 0 Å². The summed E-state index contributed by atoms with van der Waals surface area (Å²) in [5.74, 6) is -0.645. The number of hydrogen-bond acceptors (Lipinski definition) is 4. The highest BCUT2D eigenvalue weighted by Gasteiger charge is 2.12. The largest absolute Gasteiger partial charge is 0.464 e. The molecule has 0 amide bonds. The third-order valence-corrected chi connectivity index (χ3v) is 1.16. The molecule has 0 fully saturated rings. The molecule has 0 saturated carbocycles. The maximum Gasteiger partial charge on any atom is 0.330 e. The zero-order chi connectivity index (χ0) is 8.69. The first-order chi connectivity index (χ1) is 5.22. The monoisotopic (exact) mass is 159 g/mol. The first-order valence-corrected chi connectivity index (χ1v) is 3.60. The van der Waals surface area contributed by atoms with Crippen LogP contribution in [-0.2, 0) is 14.3 Å². The van der Waals surface area contributed by atoms with Crippen LogP contribution in [0.4, 0.5) is 0 Å². The van der Waals surface area contributed by atoms with E-state index in [4.69, 9.17) is 5.73 Å². The maximum absolute atomic E-state index is 10.7. The summed E-state index contributed by atoms with van der Waals surface area (Å²) < 4.78 is 4.64. The van der Waals surface area contributed by atoms with E-state index in [2.05, 4.69) is 4.74 Å². The zero-order valence-electron chi connectivity index (χ0n) is 6.58. The molecule has 0 saturated heterocycles. The molecule has 0 heterocycles. The number of unbranched alkanes of at least 4 members (excludes halogenated alkanes) is 1. The molecule has 0 aromatic rings. The van der Waals surface area contributed by atoms with E-state index in [1.807, 2.05) is 6.92 Å². The fourth-order valence-electron chi connectivity index (χ4n) is 0.469. The van der Waals surface area contributed by atoms with Crippen molar-refractivity contribution in [2.45, 2.75) is 25.8 Å². The summed E-state index contributed by atoms with van der Waals surface area (Å²) in [6, 6.07) is -1.12. The highest BCUT2D eigenvalue weighted by molar-refractivity contribution is 5.91. The molecule has 0 radical (unpaired) electrons. The van der Waals surface area contributed by atoms with Crippen molar-refractivity contribution in [2.24, 2.45) is 5.73 Å². The van der Waals surface area contributed by atoms with Crippen LogP contribution < -0.4 is 5.73 Å². The van der Waals surface area contributed by atoms with Crippen LogP contribution in [0.3, 0.4) is 0 Å². The molecule has 2 N–H and O–H groups in total. The van der Waals surface area contributed by atoms with E-state index >= 15 is 0 Å². The molecule has 1 atom stereocenters. The van der Waals surface area contributed by atoms with Crippen LogP contribution in [-0.4, -0.2) is 24.9 Å². The maximum atomic E-state index is 10.7. The van der Waals surface area contributed by atoms with Gasteiger partial charge in [-0.05, 0) is 6.42 Å². The second kappa shape index (κ2) is 5.85. The van der Waals surface area contributed by atoms with E-state index < -0.39 is 12.0 Å². The predicted molar refractivity (Wildman–Crippen MR) is 39.9 cm³/mol. The van der Waals surface area contributed by atoms with Gasteiger partial charge in [0.1, 0.15) is 6.29 Å². The molecule has 0 bridgehead atoms. The standard InChI is InChI=1S/C7H13NO3/c1-2-3-4-11-7(10)6(8)5-9/h5-6H,2-4,8H2,1H3. The number of esters is 1. The van der Waals surface area contributed by atoms with E-state index in [0.717, 1.165) is 12.8 Å². The second-order valence-electron chi connectivity index (χ2n) is 2.18. The molecule has 4 heteroatoms. The Kier molecular flexibility index (Phi) is 5.37. The minimum absolute atomic E-state index is 0.344. The molecule has 0 aromatic carbocycles. The number of aldehydes is 1. The van der Waals surface area contributed by atoms with Crippen LogP contribution >= 0.6 is 0 Å². The van der Waals surface area contributed by atoms with Crippen LogP contribution in [0.15, 0.2) is 0 Å². The number of rotatable bonds is 5. The normalized spacial score (nSPS) is 12.2. The minimum atomic E-state index is -1.12. The molecule has 0 spiro atoms. The Balaban J connectivity index is 3.44. The molecule has 0 rings (SSSR count). The van der Waals surface area contributed by atoms with E-state index in [1.54, 1.807) is 0 Å². The van der Waals surface area contributed by atoms with Gasteiger partial charge in [-0.15, -0.1) is 0 Å². The molecule has 0 aliphatic carbocycles. The number of hydrogen-bond donors (Lipinski definition) is 1. The van der Waals surface area contributed by atoms with Gasteiger partial charge in [0.15, 0.2) is 6.04 Å². The topological polar surface area (TPSA) is 69.4 Å². The summed E-state index contributed by atoms with van der Waals surface area (Å²) in [4.78, 5) is 20.6. The van der Waals surface area contributed by atoms with E-state index in [1.165, 1.54) is 0 Å². The first-order valence-electron chi connectivity index (χ1n) is 3.60. The van der Waals surface area contributed by atoms with E-state index in [0.29, 0.717) is 12.9 Å². The Morgan fingerprint density at radius 2 is 2.36 bits per heavy atom. The lowest BCUT2D eigenvalue weighted by Gasteiger charge is -2.04. The number of carbonyl (C=O) groups excluding carboxylic acids is 2. The summed E-state index contributed by atoms with van der Waals surface area (Å²) in [6.45, 7) is 2.32. The summed E-state index contributed by atoms with van der Waals surface area (Å²) in [6.07, 6.45) is 2.12. The van der Waals surface area contributed by atoms with Crippen LogP contribution in [0.25, 0.3) is 0 Å². The van der Waals surface area contributed by atoms with Crippen molar-refractivity contribution in [2.75, 3.05) is 6.61 Å². The Labute approximate surface area is 65.7 Å². The highest BCUT2D eigenvalue weighted by Crippen LogP contribution is 1.89. The molecule has 64 valence electrons. The molecular formula is C7H13NO3. The van der Waals surface area contributed by atoms with Crippen molar-refractivity contribution in [1.29, 1.82) is 0 Å². The molecule has 4 nitrogen and oxygen atoms in total. The summed E-state index contributed by atoms with van der Waals surface area (Å²) >= 11 is 0.